The van der Waals surface area contributed by atoms with Crippen LogP contribution >= 0.6 is 11.6 Å². The first-order valence-corrected chi connectivity index (χ1v) is 6.26. The van der Waals surface area contributed by atoms with Gasteiger partial charge in [-0.15, -0.1) is 5.10 Å². The molecule has 3 rings (SSSR count). The number of rotatable bonds is 3. The molecule has 4 nitrogen and oxygen atoms in total. The molecule has 0 aliphatic carbocycles. The van der Waals surface area contributed by atoms with E-state index in [-0.39, 0.29) is 0 Å². The Hall–Kier alpha value is -2.07. The van der Waals surface area contributed by atoms with Crippen molar-refractivity contribution in [3.8, 4) is 5.75 Å². The zero-order chi connectivity index (χ0) is 13.2. The van der Waals surface area contributed by atoms with E-state index in [0.717, 1.165) is 22.3 Å². The third-order valence-electron chi connectivity index (χ3n) is 2.97. The molecule has 0 atom stereocenters. The predicted molar refractivity (Wildman–Crippen MR) is 74.6 cm³/mol. The lowest BCUT2D eigenvalue weighted by molar-refractivity contribution is 0.414. The van der Waals surface area contributed by atoms with E-state index in [2.05, 4.69) is 10.3 Å². The number of aromatic nitrogens is 3. The molecule has 96 valence electrons. The van der Waals surface area contributed by atoms with Gasteiger partial charge in [0.05, 0.1) is 19.2 Å². The van der Waals surface area contributed by atoms with Crippen LogP contribution in [0.1, 0.15) is 5.56 Å². The number of hydrogen-bond donors (Lipinski definition) is 0. The van der Waals surface area contributed by atoms with Crippen molar-refractivity contribution in [2.24, 2.45) is 0 Å². The van der Waals surface area contributed by atoms with Crippen LogP contribution in [-0.2, 0) is 6.54 Å². The molecule has 1 heterocycles. The first-order valence-electron chi connectivity index (χ1n) is 5.88. The Morgan fingerprint density at radius 3 is 2.68 bits per heavy atom. The third-order valence-corrected chi connectivity index (χ3v) is 3.20. The number of benzene rings is 2. The summed E-state index contributed by atoms with van der Waals surface area (Å²) in [6, 6.07) is 13.4. The highest BCUT2D eigenvalue weighted by molar-refractivity contribution is 6.31. The molecule has 0 aliphatic heterocycles. The fourth-order valence-corrected chi connectivity index (χ4v) is 2.13. The topological polar surface area (TPSA) is 39.9 Å². The summed E-state index contributed by atoms with van der Waals surface area (Å²) in [7, 11) is 1.65. The van der Waals surface area contributed by atoms with Crippen LogP contribution in [-0.4, -0.2) is 22.1 Å². The van der Waals surface area contributed by atoms with E-state index in [1.165, 1.54) is 0 Å². The van der Waals surface area contributed by atoms with Crippen LogP contribution in [0.15, 0.2) is 42.5 Å². The molecular formula is C14H12ClN3O. The summed E-state index contributed by atoms with van der Waals surface area (Å²) in [5.41, 5.74) is 2.91. The van der Waals surface area contributed by atoms with Gasteiger partial charge in [0.1, 0.15) is 11.3 Å². The lowest BCUT2D eigenvalue weighted by atomic mass is 10.2. The molecule has 0 bridgehead atoms. The summed E-state index contributed by atoms with van der Waals surface area (Å²) in [4.78, 5) is 0. The summed E-state index contributed by atoms with van der Waals surface area (Å²) in [6.45, 7) is 0.654. The van der Waals surface area contributed by atoms with Gasteiger partial charge < -0.3 is 4.74 Å². The molecule has 0 N–H and O–H groups in total. The molecule has 2 aromatic carbocycles. The van der Waals surface area contributed by atoms with Crippen molar-refractivity contribution >= 4 is 22.6 Å². The molecule has 19 heavy (non-hydrogen) atoms. The van der Waals surface area contributed by atoms with Crippen LogP contribution in [0.2, 0.25) is 5.02 Å². The molecule has 3 aromatic rings. The van der Waals surface area contributed by atoms with E-state index >= 15 is 0 Å². The van der Waals surface area contributed by atoms with E-state index in [1.807, 2.05) is 47.1 Å². The van der Waals surface area contributed by atoms with Crippen LogP contribution in [0.25, 0.3) is 11.0 Å². The summed E-state index contributed by atoms with van der Waals surface area (Å²) in [5, 5.41) is 8.96. The van der Waals surface area contributed by atoms with E-state index in [9.17, 15) is 0 Å². The van der Waals surface area contributed by atoms with Crippen LogP contribution < -0.4 is 4.74 Å². The molecular weight excluding hydrogens is 262 g/mol. The summed E-state index contributed by atoms with van der Waals surface area (Å²) in [6.07, 6.45) is 0. The summed E-state index contributed by atoms with van der Waals surface area (Å²) >= 11 is 6.00. The highest BCUT2D eigenvalue weighted by Gasteiger charge is 2.05. The fourth-order valence-electron chi connectivity index (χ4n) is 1.96. The Balaban J connectivity index is 1.93. The number of halogens is 1. The van der Waals surface area contributed by atoms with Crippen molar-refractivity contribution in [3.63, 3.8) is 0 Å². The Morgan fingerprint density at radius 2 is 1.95 bits per heavy atom. The van der Waals surface area contributed by atoms with Gasteiger partial charge in [-0.1, -0.05) is 28.9 Å². The summed E-state index contributed by atoms with van der Waals surface area (Å²) < 4.78 is 6.97. The molecule has 0 unspecified atom stereocenters. The second-order valence-corrected chi connectivity index (χ2v) is 4.66. The number of fused-ring (bicyclic) bond motifs is 1. The third kappa shape index (κ3) is 2.39. The van der Waals surface area contributed by atoms with Gasteiger partial charge >= 0.3 is 0 Å². The van der Waals surface area contributed by atoms with Gasteiger partial charge in [0.2, 0.25) is 0 Å². The average molecular weight is 274 g/mol. The minimum absolute atomic E-state index is 0.654. The maximum Gasteiger partial charge on any atom is 0.118 e. The molecule has 0 radical (unpaired) electrons. The quantitative estimate of drug-likeness (QED) is 0.736. The van der Waals surface area contributed by atoms with Crippen molar-refractivity contribution in [1.29, 1.82) is 0 Å². The van der Waals surface area contributed by atoms with Crippen molar-refractivity contribution in [3.05, 3.63) is 53.1 Å². The minimum atomic E-state index is 0.654. The van der Waals surface area contributed by atoms with Gasteiger partial charge in [0, 0.05) is 5.02 Å². The van der Waals surface area contributed by atoms with Crippen molar-refractivity contribution in [2.45, 2.75) is 6.54 Å². The van der Waals surface area contributed by atoms with Crippen LogP contribution in [0.3, 0.4) is 0 Å². The molecule has 0 saturated heterocycles. The van der Waals surface area contributed by atoms with Crippen LogP contribution in [0.5, 0.6) is 5.75 Å². The van der Waals surface area contributed by atoms with E-state index < -0.39 is 0 Å². The Morgan fingerprint density at radius 1 is 1.16 bits per heavy atom. The lowest BCUT2D eigenvalue weighted by Crippen LogP contribution is -2.01. The molecule has 0 fully saturated rings. The van der Waals surface area contributed by atoms with E-state index in [4.69, 9.17) is 16.3 Å². The van der Waals surface area contributed by atoms with Crippen LogP contribution in [0.4, 0.5) is 0 Å². The Bertz CT molecular complexity index is 706. The lowest BCUT2D eigenvalue weighted by Gasteiger charge is -2.04. The first-order chi connectivity index (χ1) is 9.26. The molecule has 5 heteroatoms. The second kappa shape index (κ2) is 4.90. The maximum absolute atomic E-state index is 6.00. The molecule has 0 spiro atoms. The number of methoxy groups -OCH3 is 1. The summed E-state index contributed by atoms with van der Waals surface area (Å²) in [5.74, 6) is 0.843. The SMILES string of the molecule is COc1ccc(Cn2nnc3ccc(Cl)cc32)cc1. The number of nitrogens with zero attached hydrogens (tertiary/aromatic N) is 3. The zero-order valence-corrected chi connectivity index (χ0v) is 11.1. The van der Waals surface area contributed by atoms with E-state index in [0.29, 0.717) is 11.6 Å². The predicted octanol–water partition coefficient (Wildman–Crippen LogP) is 3.14. The average Bonchev–Trinajstić information content (AvgIpc) is 2.82. The van der Waals surface area contributed by atoms with Gasteiger partial charge in [-0.2, -0.15) is 0 Å². The van der Waals surface area contributed by atoms with Gasteiger partial charge in [-0.05, 0) is 35.9 Å². The number of ether oxygens (including phenoxy) is 1. The molecule has 1 aromatic heterocycles. The first kappa shape index (κ1) is 12.0. The zero-order valence-electron chi connectivity index (χ0n) is 10.4. The van der Waals surface area contributed by atoms with Gasteiger partial charge in [0.25, 0.3) is 0 Å². The second-order valence-electron chi connectivity index (χ2n) is 4.23. The molecule has 0 saturated carbocycles. The number of hydrogen-bond acceptors (Lipinski definition) is 3. The smallest absolute Gasteiger partial charge is 0.118 e. The monoisotopic (exact) mass is 273 g/mol. The van der Waals surface area contributed by atoms with Gasteiger partial charge in [0.15, 0.2) is 0 Å². The van der Waals surface area contributed by atoms with Crippen molar-refractivity contribution in [2.75, 3.05) is 7.11 Å². The fraction of sp³-hybridized carbons (Fsp3) is 0.143. The highest BCUT2D eigenvalue weighted by Crippen LogP contribution is 2.19. The molecule has 0 amide bonds. The van der Waals surface area contributed by atoms with Gasteiger partial charge in [-0.3, -0.25) is 0 Å². The Labute approximate surface area is 115 Å². The van der Waals surface area contributed by atoms with Crippen LogP contribution in [0, 0.1) is 0 Å². The van der Waals surface area contributed by atoms with Crippen molar-refractivity contribution < 1.29 is 4.74 Å². The maximum atomic E-state index is 6.00. The largest absolute Gasteiger partial charge is 0.497 e. The minimum Gasteiger partial charge on any atom is -0.497 e. The normalized spacial score (nSPS) is 10.8. The van der Waals surface area contributed by atoms with Crippen molar-refractivity contribution in [1.82, 2.24) is 15.0 Å². The van der Waals surface area contributed by atoms with Gasteiger partial charge in [-0.25, -0.2) is 4.68 Å². The highest BCUT2D eigenvalue weighted by atomic mass is 35.5. The Kier molecular flexibility index (Phi) is 3.09. The molecule has 0 aliphatic rings. The van der Waals surface area contributed by atoms with E-state index in [1.54, 1.807) is 7.11 Å². The standard InChI is InChI=1S/C14H12ClN3O/c1-19-12-5-2-10(3-6-12)9-18-14-8-11(15)4-7-13(14)16-17-18/h2-8H,9H2,1H3.